The summed E-state index contributed by atoms with van der Waals surface area (Å²) in [5.74, 6) is 0.0507. The minimum absolute atomic E-state index is 0.0205. The second kappa shape index (κ2) is 13.5. The third-order valence-electron chi connectivity index (χ3n) is 5.75. The van der Waals surface area contributed by atoms with E-state index in [1.54, 1.807) is 12.1 Å². The van der Waals surface area contributed by atoms with Gasteiger partial charge in [-0.15, -0.1) is 0 Å². The number of carbonyl (C=O) groups excluding carboxylic acids is 1. The Balaban J connectivity index is 1.36. The number of hydrogen-bond acceptors (Lipinski definition) is 5. The minimum Gasteiger partial charge on any atom is -0.508 e. The Hall–Kier alpha value is -3.19. The van der Waals surface area contributed by atoms with Gasteiger partial charge >= 0.3 is 0 Å². The van der Waals surface area contributed by atoms with Gasteiger partial charge in [0.05, 0.1) is 19.1 Å². The summed E-state index contributed by atoms with van der Waals surface area (Å²) >= 11 is 0. The summed E-state index contributed by atoms with van der Waals surface area (Å²) in [6.07, 6.45) is 2.27. The molecule has 6 nitrogen and oxygen atoms in total. The first-order valence-corrected chi connectivity index (χ1v) is 11.7. The Morgan fingerprint density at radius 2 is 1.62 bits per heavy atom. The Labute approximate surface area is 201 Å². The van der Waals surface area contributed by atoms with Crippen molar-refractivity contribution < 1.29 is 20.1 Å². The molecule has 0 saturated carbocycles. The predicted octanol–water partition coefficient (Wildman–Crippen LogP) is 3.04. The molecule has 5 N–H and O–H groups in total. The number of carbonyl (C=O) groups is 1. The van der Waals surface area contributed by atoms with Crippen LogP contribution in [0.3, 0.4) is 0 Å². The molecule has 1 amide bonds. The molecule has 0 aliphatic carbocycles. The Bertz CT molecular complexity index is 1040. The first-order valence-electron chi connectivity index (χ1n) is 11.7. The molecule has 0 aliphatic rings. The van der Waals surface area contributed by atoms with Crippen LogP contribution in [0.5, 0.6) is 5.75 Å². The van der Waals surface area contributed by atoms with Gasteiger partial charge in [0.25, 0.3) is 0 Å². The van der Waals surface area contributed by atoms with Crippen molar-refractivity contribution in [2.75, 3.05) is 19.6 Å². The van der Waals surface area contributed by atoms with E-state index in [1.165, 1.54) is 11.6 Å². The summed E-state index contributed by atoms with van der Waals surface area (Å²) in [7, 11) is 0. The lowest BCUT2D eigenvalue weighted by Gasteiger charge is -2.14. The Morgan fingerprint density at radius 1 is 0.853 bits per heavy atom. The van der Waals surface area contributed by atoms with Crippen LogP contribution in [-0.4, -0.2) is 40.9 Å². The molecular weight excluding hydrogens is 428 g/mol. The first-order chi connectivity index (χ1) is 16.5. The standard InChI is InChI=1S/C28H34N2O4/c31-20-25-18-24(11-12-26(25)32)27(33)19-29-15-13-22-8-4-9-23(16-22)17-28(34)30-14-5-10-21-6-2-1-3-7-21/h1-4,6-9,11-12,16,18,27,29,31-33H,5,10,13-15,17,19-20H2,(H,30,34)/t27-/m1/s1. The van der Waals surface area contributed by atoms with Gasteiger partial charge in [0.15, 0.2) is 0 Å². The number of aliphatic hydroxyl groups excluding tert-OH is 2. The van der Waals surface area contributed by atoms with E-state index in [0.717, 1.165) is 30.4 Å². The monoisotopic (exact) mass is 462 g/mol. The minimum atomic E-state index is -0.733. The summed E-state index contributed by atoms with van der Waals surface area (Å²) in [6, 6.07) is 23.0. The number of nitrogens with one attached hydrogen (secondary N) is 2. The number of aliphatic hydroxyl groups is 2. The topological polar surface area (TPSA) is 102 Å². The summed E-state index contributed by atoms with van der Waals surface area (Å²) in [5, 5.41) is 35.5. The van der Waals surface area contributed by atoms with Gasteiger partial charge in [0.2, 0.25) is 5.91 Å². The Kier molecular flexibility index (Phi) is 10.1. The average molecular weight is 463 g/mol. The van der Waals surface area contributed by atoms with Crippen LogP contribution in [0.15, 0.2) is 72.8 Å². The third kappa shape index (κ3) is 8.30. The smallest absolute Gasteiger partial charge is 0.224 e. The highest BCUT2D eigenvalue weighted by Crippen LogP contribution is 2.22. The van der Waals surface area contributed by atoms with Gasteiger partial charge < -0.3 is 26.0 Å². The fourth-order valence-electron chi connectivity index (χ4n) is 3.84. The molecular formula is C28H34N2O4. The maximum absolute atomic E-state index is 12.3. The largest absolute Gasteiger partial charge is 0.508 e. The van der Waals surface area contributed by atoms with Gasteiger partial charge in [-0.25, -0.2) is 0 Å². The van der Waals surface area contributed by atoms with E-state index in [0.29, 0.717) is 37.2 Å². The van der Waals surface area contributed by atoms with E-state index in [-0.39, 0.29) is 18.3 Å². The molecule has 34 heavy (non-hydrogen) atoms. The van der Waals surface area contributed by atoms with Crippen LogP contribution in [0, 0.1) is 0 Å². The highest BCUT2D eigenvalue weighted by Gasteiger charge is 2.10. The molecule has 0 aromatic heterocycles. The van der Waals surface area contributed by atoms with Crippen molar-refractivity contribution in [1.29, 1.82) is 0 Å². The van der Waals surface area contributed by atoms with Gasteiger partial charge in [0.1, 0.15) is 5.75 Å². The van der Waals surface area contributed by atoms with Gasteiger partial charge in [-0.3, -0.25) is 4.79 Å². The quantitative estimate of drug-likeness (QED) is 0.251. The van der Waals surface area contributed by atoms with Crippen molar-refractivity contribution in [3.8, 4) is 5.75 Å². The van der Waals surface area contributed by atoms with Crippen molar-refractivity contribution in [3.05, 3.63) is 101 Å². The van der Waals surface area contributed by atoms with Gasteiger partial charge in [0, 0.05) is 18.7 Å². The van der Waals surface area contributed by atoms with Gasteiger partial charge in [-0.1, -0.05) is 60.7 Å². The molecule has 3 aromatic carbocycles. The van der Waals surface area contributed by atoms with E-state index < -0.39 is 6.10 Å². The van der Waals surface area contributed by atoms with E-state index >= 15 is 0 Å². The average Bonchev–Trinajstić information content (AvgIpc) is 2.85. The van der Waals surface area contributed by atoms with Crippen LogP contribution in [-0.2, 0) is 30.7 Å². The molecule has 0 aliphatic heterocycles. The number of hydrogen-bond donors (Lipinski definition) is 5. The number of rotatable bonds is 13. The van der Waals surface area contributed by atoms with Crippen LogP contribution >= 0.6 is 0 Å². The second-order valence-corrected chi connectivity index (χ2v) is 8.45. The molecule has 0 heterocycles. The molecule has 0 bridgehead atoms. The molecule has 0 radical (unpaired) electrons. The fraction of sp³-hybridized carbons (Fsp3) is 0.321. The van der Waals surface area contributed by atoms with E-state index in [4.69, 9.17) is 0 Å². The molecule has 0 spiro atoms. The van der Waals surface area contributed by atoms with Crippen molar-refractivity contribution >= 4 is 5.91 Å². The highest BCUT2D eigenvalue weighted by atomic mass is 16.3. The highest BCUT2D eigenvalue weighted by molar-refractivity contribution is 5.78. The van der Waals surface area contributed by atoms with Crippen LogP contribution in [0.25, 0.3) is 0 Å². The summed E-state index contributed by atoms with van der Waals surface area (Å²) in [5.41, 5.74) is 4.44. The zero-order chi connectivity index (χ0) is 24.2. The number of aromatic hydroxyl groups is 1. The van der Waals surface area contributed by atoms with Crippen LogP contribution < -0.4 is 10.6 Å². The van der Waals surface area contributed by atoms with Crippen LogP contribution in [0.2, 0.25) is 0 Å². The fourth-order valence-corrected chi connectivity index (χ4v) is 3.84. The number of phenols is 1. The van der Waals surface area contributed by atoms with Crippen molar-refractivity contribution in [1.82, 2.24) is 10.6 Å². The zero-order valence-electron chi connectivity index (χ0n) is 19.4. The van der Waals surface area contributed by atoms with E-state index in [1.807, 2.05) is 36.4 Å². The number of benzene rings is 3. The molecule has 3 rings (SSSR count). The molecule has 0 fully saturated rings. The van der Waals surface area contributed by atoms with Gasteiger partial charge in [-0.05, 0) is 60.2 Å². The van der Waals surface area contributed by atoms with E-state index in [9.17, 15) is 20.1 Å². The van der Waals surface area contributed by atoms with Gasteiger partial charge in [-0.2, -0.15) is 0 Å². The molecule has 0 saturated heterocycles. The summed E-state index contributed by atoms with van der Waals surface area (Å²) in [6.45, 7) is 1.43. The van der Waals surface area contributed by atoms with Crippen molar-refractivity contribution in [2.24, 2.45) is 0 Å². The van der Waals surface area contributed by atoms with Crippen LogP contribution in [0.4, 0.5) is 0 Å². The second-order valence-electron chi connectivity index (χ2n) is 8.45. The Morgan fingerprint density at radius 3 is 2.41 bits per heavy atom. The normalized spacial score (nSPS) is 11.8. The van der Waals surface area contributed by atoms with E-state index in [2.05, 4.69) is 28.8 Å². The number of aryl methyl sites for hydroxylation is 1. The predicted molar refractivity (Wildman–Crippen MR) is 133 cm³/mol. The third-order valence-corrected chi connectivity index (χ3v) is 5.75. The molecule has 3 aromatic rings. The zero-order valence-corrected chi connectivity index (χ0v) is 19.4. The maximum Gasteiger partial charge on any atom is 0.224 e. The lowest BCUT2D eigenvalue weighted by molar-refractivity contribution is -0.120. The first kappa shape index (κ1) is 25.4. The molecule has 180 valence electrons. The summed E-state index contributed by atoms with van der Waals surface area (Å²) < 4.78 is 0. The molecule has 6 heteroatoms. The SMILES string of the molecule is O=C(Cc1cccc(CCNC[C@@H](O)c2ccc(O)c(CO)c2)c1)NCCCc1ccccc1. The lowest BCUT2D eigenvalue weighted by Crippen LogP contribution is -2.26. The lowest BCUT2D eigenvalue weighted by atomic mass is 10.0. The number of amides is 1. The maximum atomic E-state index is 12.3. The van der Waals surface area contributed by atoms with Crippen molar-refractivity contribution in [3.63, 3.8) is 0 Å². The van der Waals surface area contributed by atoms with Crippen molar-refractivity contribution in [2.45, 2.75) is 38.4 Å². The van der Waals surface area contributed by atoms with Crippen LogP contribution in [0.1, 0.15) is 40.3 Å². The molecule has 0 unspecified atom stereocenters. The molecule has 1 atom stereocenters. The summed E-state index contributed by atoms with van der Waals surface area (Å²) in [4.78, 5) is 12.3.